The molecule has 0 radical (unpaired) electrons. The fourth-order valence-corrected chi connectivity index (χ4v) is 2.91. The summed E-state index contributed by atoms with van der Waals surface area (Å²) >= 11 is 0. The first-order valence-electron chi connectivity index (χ1n) is 7.47. The van der Waals surface area contributed by atoms with E-state index in [-0.39, 0.29) is 17.7 Å². The maximum Gasteiger partial charge on any atom is 0.416 e. The van der Waals surface area contributed by atoms with Crippen LogP contribution < -0.4 is 5.32 Å². The van der Waals surface area contributed by atoms with Gasteiger partial charge in [0, 0.05) is 12.6 Å². The number of nitrogens with one attached hydrogen (secondary N) is 1. The number of benzene rings is 1. The van der Waals surface area contributed by atoms with Crippen molar-refractivity contribution in [3.63, 3.8) is 0 Å². The number of nitriles is 1. The highest BCUT2D eigenvalue weighted by Crippen LogP contribution is 2.39. The van der Waals surface area contributed by atoms with E-state index in [0.29, 0.717) is 18.2 Å². The van der Waals surface area contributed by atoms with Crippen molar-refractivity contribution < 1.29 is 17.9 Å². The van der Waals surface area contributed by atoms with E-state index >= 15 is 0 Å². The third kappa shape index (κ3) is 3.36. The van der Waals surface area contributed by atoms with Crippen LogP contribution >= 0.6 is 0 Å². The third-order valence-corrected chi connectivity index (χ3v) is 4.29. The number of hydrogen-bond acceptors (Lipinski definition) is 3. The summed E-state index contributed by atoms with van der Waals surface area (Å²) in [5, 5.41) is 12.3. The maximum atomic E-state index is 12.7. The second kappa shape index (κ2) is 5.81. The minimum absolute atomic E-state index is 0.0317. The van der Waals surface area contributed by atoms with Gasteiger partial charge < -0.3 is 10.1 Å². The van der Waals surface area contributed by atoms with Crippen LogP contribution in [-0.2, 0) is 10.9 Å². The van der Waals surface area contributed by atoms with Gasteiger partial charge >= 0.3 is 6.18 Å². The number of halogens is 3. The van der Waals surface area contributed by atoms with Crippen LogP contribution in [0.15, 0.2) is 18.2 Å². The van der Waals surface area contributed by atoms with Gasteiger partial charge in [-0.1, -0.05) is 0 Å². The zero-order valence-corrected chi connectivity index (χ0v) is 12.0. The minimum atomic E-state index is -4.43. The van der Waals surface area contributed by atoms with Gasteiger partial charge in [-0.15, -0.1) is 0 Å². The van der Waals surface area contributed by atoms with Crippen molar-refractivity contribution in [2.45, 2.75) is 44.0 Å². The number of rotatable bonds is 3. The molecule has 0 spiro atoms. The van der Waals surface area contributed by atoms with Gasteiger partial charge in [0.2, 0.25) is 0 Å². The molecule has 1 aliphatic carbocycles. The van der Waals surface area contributed by atoms with Gasteiger partial charge in [0.25, 0.3) is 0 Å². The van der Waals surface area contributed by atoms with E-state index in [1.165, 1.54) is 18.9 Å². The molecular weight excluding hydrogens is 293 g/mol. The molecule has 0 aromatic heterocycles. The highest BCUT2D eigenvalue weighted by molar-refractivity contribution is 5.59. The zero-order valence-electron chi connectivity index (χ0n) is 12.0. The topological polar surface area (TPSA) is 45.0 Å². The molecule has 3 nitrogen and oxygen atoms in total. The molecule has 118 valence electrons. The van der Waals surface area contributed by atoms with E-state index in [9.17, 15) is 13.2 Å². The van der Waals surface area contributed by atoms with Crippen molar-refractivity contribution in [1.82, 2.24) is 0 Å². The molecule has 3 rings (SSSR count). The Morgan fingerprint density at radius 3 is 2.64 bits per heavy atom. The molecule has 6 heteroatoms. The molecule has 0 amide bonds. The summed E-state index contributed by atoms with van der Waals surface area (Å²) in [5.41, 5.74) is -0.293. The van der Waals surface area contributed by atoms with Crippen molar-refractivity contribution in [3.05, 3.63) is 29.3 Å². The minimum Gasteiger partial charge on any atom is -0.381 e. The van der Waals surface area contributed by atoms with Gasteiger partial charge in [0.15, 0.2) is 0 Å². The summed E-state index contributed by atoms with van der Waals surface area (Å²) in [6.45, 7) is 0.654. The Morgan fingerprint density at radius 1 is 1.23 bits per heavy atom. The summed E-state index contributed by atoms with van der Waals surface area (Å²) in [5.74, 6) is 0.632. The summed E-state index contributed by atoms with van der Waals surface area (Å²) < 4.78 is 43.8. The summed E-state index contributed by atoms with van der Waals surface area (Å²) in [6.07, 6.45) is -0.153. The van der Waals surface area contributed by atoms with Crippen LogP contribution in [0.1, 0.15) is 36.8 Å². The highest BCUT2D eigenvalue weighted by Gasteiger charge is 2.36. The summed E-state index contributed by atoms with van der Waals surface area (Å²) in [7, 11) is 0. The smallest absolute Gasteiger partial charge is 0.381 e. The Labute approximate surface area is 127 Å². The fourth-order valence-electron chi connectivity index (χ4n) is 2.91. The van der Waals surface area contributed by atoms with Crippen LogP contribution in [-0.4, -0.2) is 18.8 Å². The lowest BCUT2D eigenvalue weighted by Crippen LogP contribution is -2.35. The van der Waals surface area contributed by atoms with Crippen LogP contribution in [0.4, 0.5) is 18.9 Å². The van der Waals surface area contributed by atoms with Gasteiger partial charge in [-0.3, -0.25) is 0 Å². The van der Waals surface area contributed by atoms with E-state index < -0.39 is 11.7 Å². The highest BCUT2D eigenvalue weighted by atomic mass is 19.4. The van der Waals surface area contributed by atoms with Gasteiger partial charge in [0.05, 0.1) is 22.9 Å². The Hall–Kier alpha value is -1.74. The van der Waals surface area contributed by atoms with Crippen LogP contribution in [0.5, 0.6) is 0 Å². The second-order valence-electron chi connectivity index (χ2n) is 5.98. The lowest BCUT2D eigenvalue weighted by Gasteiger charge is -2.31. The van der Waals surface area contributed by atoms with Crippen molar-refractivity contribution in [3.8, 4) is 6.07 Å². The van der Waals surface area contributed by atoms with E-state index in [2.05, 4.69) is 5.32 Å². The molecule has 22 heavy (non-hydrogen) atoms. The number of hydrogen-bond donors (Lipinski definition) is 1. The zero-order chi connectivity index (χ0) is 15.7. The Kier molecular flexibility index (Phi) is 4.00. The number of anilines is 1. The Morgan fingerprint density at radius 2 is 2.00 bits per heavy atom. The standard InChI is InChI=1S/C16H17F3N2O/c17-16(18,19)12-3-4-14(11(7-12)9-20)21-13-5-6-22-15(8-13)10-1-2-10/h3-4,7,10,13,15,21H,1-2,5-6,8H2. The molecule has 1 heterocycles. The second-order valence-corrected chi connectivity index (χ2v) is 5.98. The molecule has 2 aliphatic rings. The molecule has 1 N–H and O–H groups in total. The molecule has 1 saturated carbocycles. The predicted molar refractivity (Wildman–Crippen MR) is 75.3 cm³/mol. The average Bonchev–Trinajstić information content (AvgIpc) is 3.31. The van der Waals surface area contributed by atoms with Crippen LogP contribution in [0.25, 0.3) is 0 Å². The first-order chi connectivity index (χ1) is 10.5. The molecule has 2 fully saturated rings. The molecule has 1 aromatic rings. The number of nitrogens with zero attached hydrogens (tertiary/aromatic N) is 1. The van der Waals surface area contributed by atoms with E-state index in [1.54, 1.807) is 0 Å². The lowest BCUT2D eigenvalue weighted by molar-refractivity contribution is -0.137. The van der Waals surface area contributed by atoms with Gasteiger partial charge in [-0.2, -0.15) is 18.4 Å². The normalized spacial score (nSPS) is 25.5. The SMILES string of the molecule is N#Cc1cc(C(F)(F)F)ccc1NC1CCOC(C2CC2)C1. The fraction of sp³-hybridized carbons (Fsp3) is 0.562. The third-order valence-electron chi connectivity index (χ3n) is 4.29. The monoisotopic (exact) mass is 310 g/mol. The van der Waals surface area contributed by atoms with E-state index in [0.717, 1.165) is 25.0 Å². The molecule has 1 aliphatic heterocycles. The van der Waals surface area contributed by atoms with Crippen molar-refractivity contribution in [2.75, 3.05) is 11.9 Å². The number of alkyl halides is 3. The van der Waals surface area contributed by atoms with Gasteiger partial charge in [0.1, 0.15) is 6.07 Å². The van der Waals surface area contributed by atoms with Crippen molar-refractivity contribution in [2.24, 2.45) is 5.92 Å². The summed E-state index contributed by atoms with van der Waals surface area (Å²) in [6, 6.07) is 5.26. The van der Waals surface area contributed by atoms with Gasteiger partial charge in [-0.25, -0.2) is 0 Å². The van der Waals surface area contributed by atoms with Crippen LogP contribution in [0, 0.1) is 17.2 Å². The lowest BCUT2D eigenvalue weighted by atomic mass is 9.99. The number of ether oxygens (including phenoxy) is 1. The van der Waals surface area contributed by atoms with Crippen molar-refractivity contribution in [1.29, 1.82) is 5.26 Å². The predicted octanol–water partition coefficient (Wildman–Crippen LogP) is 3.95. The Balaban J connectivity index is 1.73. The van der Waals surface area contributed by atoms with Crippen LogP contribution in [0.3, 0.4) is 0 Å². The first kappa shape index (κ1) is 15.2. The Bertz CT molecular complexity index is 590. The molecule has 2 unspecified atom stereocenters. The van der Waals surface area contributed by atoms with Crippen LogP contribution in [0.2, 0.25) is 0 Å². The molecule has 1 saturated heterocycles. The first-order valence-corrected chi connectivity index (χ1v) is 7.47. The molecule has 0 bridgehead atoms. The van der Waals surface area contributed by atoms with E-state index in [4.69, 9.17) is 10.00 Å². The molecular formula is C16H17F3N2O. The van der Waals surface area contributed by atoms with Gasteiger partial charge in [-0.05, 0) is 49.8 Å². The largest absolute Gasteiger partial charge is 0.416 e. The van der Waals surface area contributed by atoms with E-state index in [1.807, 2.05) is 6.07 Å². The quantitative estimate of drug-likeness (QED) is 0.919. The summed E-state index contributed by atoms with van der Waals surface area (Å²) in [4.78, 5) is 0. The van der Waals surface area contributed by atoms with Crippen molar-refractivity contribution >= 4 is 5.69 Å². The maximum absolute atomic E-state index is 12.7. The molecule has 2 atom stereocenters. The average molecular weight is 310 g/mol. The molecule has 1 aromatic carbocycles.